The minimum absolute atomic E-state index is 0.0164. The van der Waals surface area contributed by atoms with Crippen molar-refractivity contribution in [2.45, 2.75) is 13.5 Å². The van der Waals surface area contributed by atoms with E-state index in [-0.39, 0.29) is 28.3 Å². The first-order chi connectivity index (χ1) is 12.0. The van der Waals surface area contributed by atoms with Crippen LogP contribution < -0.4 is 0 Å². The Balaban J connectivity index is 1.85. The molecule has 0 spiro atoms. The number of hydrogen-bond donors (Lipinski definition) is 0. The fraction of sp³-hybridized carbons (Fsp3) is 0.111. The normalized spacial score (nSPS) is 15.9. The lowest BCUT2D eigenvalue weighted by molar-refractivity contribution is -0.385. The van der Waals surface area contributed by atoms with Crippen LogP contribution in [0.4, 0.5) is 10.5 Å². The van der Waals surface area contributed by atoms with Crippen LogP contribution in [0.2, 0.25) is 0 Å². The highest BCUT2D eigenvalue weighted by atomic mass is 32.2. The Labute approximate surface area is 148 Å². The molecule has 1 saturated heterocycles. The Morgan fingerprint density at radius 3 is 2.56 bits per heavy atom. The predicted octanol–water partition coefficient (Wildman–Crippen LogP) is 4.14. The molecule has 7 heteroatoms. The molecule has 1 heterocycles. The monoisotopic (exact) mass is 354 g/mol. The summed E-state index contributed by atoms with van der Waals surface area (Å²) in [6.45, 7) is 1.85. The molecule has 3 rings (SSSR count). The summed E-state index contributed by atoms with van der Waals surface area (Å²) in [6, 6.07) is 13.9. The van der Waals surface area contributed by atoms with Gasteiger partial charge in [0.1, 0.15) is 0 Å². The van der Waals surface area contributed by atoms with Crippen LogP contribution in [0.5, 0.6) is 0 Å². The van der Waals surface area contributed by atoms with E-state index < -0.39 is 4.92 Å². The summed E-state index contributed by atoms with van der Waals surface area (Å²) in [4.78, 5) is 36.6. The molecule has 1 aliphatic heterocycles. The number of nitro groups is 1. The first-order valence-corrected chi connectivity index (χ1v) is 8.31. The fourth-order valence-corrected chi connectivity index (χ4v) is 3.30. The number of amides is 2. The average molecular weight is 354 g/mol. The van der Waals surface area contributed by atoms with Gasteiger partial charge in [-0.2, -0.15) is 0 Å². The number of nitrogens with zero attached hydrogens (tertiary/aromatic N) is 2. The van der Waals surface area contributed by atoms with Gasteiger partial charge in [0.25, 0.3) is 16.8 Å². The van der Waals surface area contributed by atoms with Gasteiger partial charge >= 0.3 is 0 Å². The molecule has 2 aromatic rings. The van der Waals surface area contributed by atoms with E-state index in [0.717, 1.165) is 17.3 Å². The molecule has 0 bridgehead atoms. The molecule has 2 aromatic carbocycles. The molecule has 6 nitrogen and oxygen atoms in total. The smallest absolute Gasteiger partial charge is 0.268 e. The van der Waals surface area contributed by atoms with E-state index in [1.807, 2.05) is 30.3 Å². The number of aryl methyl sites for hydroxylation is 1. The zero-order chi connectivity index (χ0) is 18.0. The first kappa shape index (κ1) is 16.9. The summed E-state index contributed by atoms with van der Waals surface area (Å²) in [6.07, 6.45) is 1.52. The Kier molecular flexibility index (Phi) is 4.67. The van der Waals surface area contributed by atoms with Gasteiger partial charge < -0.3 is 0 Å². The molecule has 126 valence electrons. The van der Waals surface area contributed by atoms with Crippen molar-refractivity contribution in [2.24, 2.45) is 0 Å². The Bertz CT molecular complexity index is 893. The number of benzene rings is 2. The second-order valence-electron chi connectivity index (χ2n) is 5.56. The van der Waals surface area contributed by atoms with Gasteiger partial charge in [-0.3, -0.25) is 24.6 Å². The molecular weight excluding hydrogens is 340 g/mol. The third-order valence-corrected chi connectivity index (χ3v) is 4.69. The Morgan fingerprint density at radius 1 is 1.16 bits per heavy atom. The van der Waals surface area contributed by atoms with Crippen LogP contribution in [0.3, 0.4) is 0 Å². The molecule has 0 aromatic heterocycles. The number of rotatable bonds is 4. The maximum Gasteiger partial charge on any atom is 0.293 e. The van der Waals surface area contributed by atoms with Gasteiger partial charge in [-0.1, -0.05) is 42.5 Å². The largest absolute Gasteiger partial charge is 0.293 e. The standard InChI is InChI=1S/C18H14N2O4S/c1-12-7-8-14(9-15(12)20(23)24)10-16-17(21)19(18(22)25-16)11-13-5-3-2-4-6-13/h2-10H,11H2,1H3/b16-10-. The van der Waals surface area contributed by atoms with E-state index >= 15 is 0 Å². The van der Waals surface area contributed by atoms with Gasteiger partial charge in [0.05, 0.1) is 16.4 Å². The Hall–Kier alpha value is -2.93. The summed E-state index contributed by atoms with van der Waals surface area (Å²) >= 11 is 0.843. The van der Waals surface area contributed by atoms with Crippen LogP contribution in [0.25, 0.3) is 6.08 Å². The average Bonchev–Trinajstić information content (AvgIpc) is 2.85. The molecular formula is C18H14N2O4S. The summed E-state index contributed by atoms with van der Waals surface area (Å²) in [7, 11) is 0. The van der Waals surface area contributed by atoms with Gasteiger partial charge in [-0.25, -0.2) is 0 Å². The summed E-state index contributed by atoms with van der Waals surface area (Å²) in [5.74, 6) is -0.387. The lowest BCUT2D eigenvalue weighted by Gasteiger charge is -2.12. The number of thioether (sulfide) groups is 1. The highest BCUT2D eigenvalue weighted by Crippen LogP contribution is 2.34. The molecule has 2 amide bonds. The van der Waals surface area contributed by atoms with Crippen LogP contribution in [0, 0.1) is 17.0 Å². The number of imide groups is 1. The summed E-state index contributed by atoms with van der Waals surface area (Å²) in [5.41, 5.74) is 1.90. The van der Waals surface area contributed by atoms with E-state index in [2.05, 4.69) is 0 Å². The second-order valence-corrected chi connectivity index (χ2v) is 6.55. The molecule has 0 saturated carbocycles. The van der Waals surface area contributed by atoms with Crippen molar-refractivity contribution in [1.29, 1.82) is 0 Å². The maximum atomic E-state index is 12.5. The van der Waals surface area contributed by atoms with E-state index in [9.17, 15) is 19.7 Å². The highest BCUT2D eigenvalue weighted by Gasteiger charge is 2.35. The quantitative estimate of drug-likeness (QED) is 0.468. The van der Waals surface area contributed by atoms with Crippen molar-refractivity contribution in [3.05, 3.63) is 80.2 Å². The molecule has 0 N–H and O–H groups in total. The third-order valence-electron chi connectivity index (χ3n) is 3.78. The van der Waals surface area contributed by atoms with Gasteiger partial charge in [-0.15, -0.1) is 0 Å². The van der Waals surface area contributed by atoms with E-state index in [1.54, 1.807) is 19.1 Å². The van der Waals surface area contributed by atoms with E-state index in [0.29, 0.717) is 11.1 Å². The molecule has 0 radical (unpaired) electrons. The van der Waals surface area contributed by atoms with Crippen molar-refractivity contribution in [3.63, 3.8) is 0 Å². The number of hydrogen-bond acceptors (Lipinski definition) is 5. The zero-order valence-corrected chi connectivity index (χ0v) is 14.2. The molecule has 0 unspecified atom stereocenters. The second kappa shape index (κ2) is 6.90. The SMILES string of the molecule is Cc1ccc(/C=C2\SC(=O)N(Cc3ccccc3)C2=O)cc1[N+](=O)[O-]. The van der Waals surface area contributed by atoms with E-state index in [1.165, 1.54) is 17.0 Å². The van der Waals surface area contributed by atoms with Crippen LogP contribution in [-0.2, 0) is 11.3 Å². The van der Waals surface area contributed by atoms with Crippen molar-refractivity contribution < 1.29 is 14.5 Å². The van der Waals surface area contributed by atoms with E-state index in [4.69, 9.17) is 0 Å². The maximum absolute atomic E-state index is 12.5. The fourth-order valence-electron chi connectivity index (χ4n) is 2.47. The van der Waals surface area contributed by atoms with Crippen molar-refractivity contribution in [2.75, 3.05) is 0 Å². The Morgan fingerprint density at radius 2 is 1.88 bits per heavy atom. The third kappa shape index (κ3) is 3.61. The lowest BCUT2D eigenvalue weighted by atomic mass is 10.1. The highest BCUT2D eigenvalue weighted by molar-refractivity contribution is 8.18. The van der Waals surface area contributed by atoms with Crippen molar-refractivity contribution >= 4 is 34.7 Å². The van der Waals surface area contributed by atoms with Crippen molar-refractivity contribution in [3.8, 4) is 0 Å². The topological polar surface area (TPSA) is 80.5 Å². The number of carbonyl (C=O) groups excluding carboxylic acids is 2. The molecule has 25 heavy (non-hydrogen) atoms. The summed E-state index contributed by atoms with van der Waals surface area (Å²) < 4.78 is 0. The lowest BCUT2D eigenvalue weighted by Crippen LogP contribution is -2.27. The zero-order valence-electron chi connectivity index (χ0n) is 13.3. The van der Waals surface area contributed by atoms with Crippen LogP contribution in [-0.4, -0.2) is 21.0 Å². The number of carbonyl (C=O) groups is 2. The first-order valence-electron chi connectivity index (χ1n) is 7.50. The van der Waals surface area contributed by atoms with Gasteiger partial charge in [-0.05, 0) is 35.9 Å². The van der Waals surface area contributed by atoms with Crippen LogP contribution >= 0.6 is 11.8 Å². The summed E-state index contributed by atoms with van der Waals surface area (Å²) in [5, 5.41) is 10.7. The minimum Gasteiger partial charge on any atom is -0.268 e. The predicted molar refractivity (Wildman–Crippen MR) is 95.8 cm³/mol. The van der Waals surface area contributed by atoms with Gasteiger partial charge in [0.15, 0.2) is 0 Å². The van der Waals surface area contributed by atoms with Gasteiger partial charge in [0, 0.05) is 11.6 Å². The molecule has 1 aliphatic rings. The van der Waals surface area contributed by atoms with Crippen LogP contribution in [0.15, 0.2) is 53.4 Å². The van der Waals surface area contributed by atoms with Crippen LogP contribution in [0.1, 0.15) is 16.7 Å². The van der Waals surface area contributed by atoms with Gasteiger partial charge in [0.2, 0.25) is 0 Å². The molecule has 0 aliphatic carbocycles. The molecule has 0 atom stereocenters. The number of nitro benzene ring substituents is 1. The minimum atomic E-state index is -0.464. The molecule has 1 fully saturated rings. The van der Waals surface area contributed by atoms with Crippen molar-refractivity contribution in [1.82, 2.24) is 4.90 Å².